The molecule has 0 aliphatic carbocycles. The monoisotopic (exact) mass is 393 g/mol. The molecule has 2 heterocycles. The summed E-state index contributed by atoms with van der Waals surface area (Å²) < 4.78 is 18.3. The summed E-state index contributed by atoms with van der Waals surface area (Å²) in [4.78, 5) is 21.7. The molecule has 0 unspecified atom stereocenters. The third kappa shape index (κ3) is 4.54. The number of ether oxygens (including phenoxy) is 1. The van der Waals surface area contributed by atoms with E-state index >= 15 is 0 Å². The van der Waals surface area contributed by atoms with Crippen LogP contribution >= 0.6 is 0 Å². The smallest absolute Gasteiger partial charge is 0.272 e. The maximum absolute atomic E-state index is 13.1. The number of nitrogens with zero attached hydrogens (tertiary/aromatic N) is 3. The largest absolute Gasteiger partial charge is 0.497 e. The van der Waals surface area contributed by atoms with E-state index in [1.54, 1.807) is 13.2 Å². The molecule has 1 amide bonds. The fourth-order valence-electron chi connectivity index (χ4n) is 3.69. The van der Waals surface area contributed by atoms with Gasteiger partial charge in [0, 0.05) is 38.1 Å². The number of carbonyl (C=O) groups excluding carboxylic acids is 1. The number of methoxy groups -OCH3 is 1. The van der Waals surface area contributed by atoms with E-state index in [1.807, 2.05) is 41.3 Å². The molecule has 1 aromatic heterocycles. The number of aromatic nitrogens is 1. The van der Waals surface area contributed by atoms with Gasteiger partial charge in [-0.15, -0.1) is 0 Å². The highest BCUT2D eigenvalue weighted by Crippen LogP contribution is 2.20. The van der Waals surface area contributed by atoms with Gasteiger partial charge in [-0.1, -0.05) is 18.2 Å². The number of halogens is 1. The van der Waals surface area contributed by atoms with Crippen molar-refractivity contribution in [2.45, 2.75) is 13.0 Å². The van der Waals surface area contributed by atoms with Gasteiger partial charge in [-0.2, -0.15) is 0 Å². The number of hydrogen-bond acceptors (Lipinski definition) is 4. The molecule has 0 atom stereocenters. The van der Waals surface area contributed by atoms with Crippen LogP contribution in [0.4, 0.5) is 4.39 Å². The van der Waals surface area contributed by atoms with Crippen LogP contribution in [0.3, 0.4) is 0 Å². The highest BCUT2D eigenvalue weighted by Gasteiger charge is 2.21. The summed E-state index contributed by atoms with van der Waals surface area (Å²) >= 11 is 0. The van der Waals surface area contributed by atoms with Crippen molar-refractivity contribution in [3.8, 4) is 5.75 Å². The van der Waals surface area contributed by atoms with E-state index in [0.717, 1.165) is 48.3 Å². The van der Waals surface area contributed by atoms with Crippen molar-refractivity contribution >= 4 is 16.8 Å². The minimum Gasteiger partial charge on any atom is -0.497 e. The summed E-state index contributed by atoms with van der Waals surface area (Å²) in [6.45, 7) is 3.82. The van der Waals surface area contributed by atoms with Gasteiger partial charge in [0.25, 0.3) is 5.91 Å². The van der Waals surface area contributed by atoms with Gasteiger partial charge < -0.3 is 9.64 Å². The molecule has 6 heteroatoms. The molecular weight excluding hydrogens is 369 g/mol. The van der Waals surface area contributed by atoms with E-state index in [9.17, 15) is 9.18 Å². The number of pyridine rings is 1. The minimum atomic E-state index is -0.220. The second-order valence-corrected chi connectivity index (χ2v) is 7.30. The van der Waals surface area contributed by atoms with Gasteiger partial charge in [-0.25, -0.2) is 9.37 Å². The summed E-state index contributed by atoms with van der Waals surface area (Å²) in [5, 5.41) is 0.947. The Hall–Kier alpha value is -2.99. The Morgan fingerprint density at radius 3 is 2.66 bits per heavy atom. The Bertz CT molecular complexity index is 1010. The summed E-state index contributed by atoms with van der Waals surface area (Å²) in [5.41, 5.74) is 2.33. The Labute approximate surface area is 169 Å². The van der Waals surface area contributed by atoms with Crippen LogP contribution in [0.15, 0.2) is 54.6 Å². The average molecular weight is 393 g/mol. The van der Waals surface area contributed by atoms with Crippen molar-refractivity contribution < 1.29 is 13.9 Å². The topological polar surface area (TPSA) is 45.7 Å². The second kappa shape index (κ2) is 8.57. The number of hydrogen-bond donors (Lipinski definition) is 0. The van der Waals surface area contributed by atoms with Crippen LogP contribution in [-0.4, -0.2) is 54.0 Å². The summed E-state index contributed by atoms with van der Waals surface area (Å²) in [6, 6.07) is 15.9. The van der Waals surface area contributed by atoms with Crippen LogP contribution in [0.1, 0.15) is 22.5 Å². The number of fused-ring (bicyclic) bond motifs is 1. The molecule has 0 spiro atoms. The Morgan fingerprint density at radius 1 is 1.03 bits per heavy atom. The minimum absolute atomic E-state index is 0.0358. The number of amides is 1. The molecule has 1 saturated heterocycles. The SMILES string of the molecule is COc1ccc2nc(C(=O)N3CCCN(Cc4ccc(F)cc4)CC3)ccc2c1. The highest BCUT2D eigenvalue weighted by atomic mass is 19.1. The third-order valence-electron chi connectivity index (χ3n) is 5.31. The first-order valence-corrected chi connectivity index (χ1v) is 9.83. The van der Waals surface area contributed by atoms with Gasteiger partial charge in [0.2, 0.25) is 0 Å². The molecular formula is C23H24FN3O2. The van der Waals surface area contributed by atoms with Crippen molar-refractivity contribution in [2.24, 2.45) is 0 Å². The molecule has 1 aliphatic rings. The van der Waals surface area contributed by atoms with Gasteiger partial charge in [0.15, 0.2) is 0 Å². The lowest BCUT2D eigenvalue weighted by Crippen LogP contribution is -2.35. The van der Waals surface area contributed by atoms with E-state index in [2.05, 4.69) is 9.88 Å². The van der Waals surface area contributed by atoms with Crippen molar-refractivity contribution in [2.75, 3.05) is 33.3 Å². The fraction of sp³-hybridized carbons (Fsp3) is 0.304. The summed E-state index contributed by atoms with van der Waals surface area (Å²) in [5.74, 6) is 0.515. The van der Waals surface area contributed by atoms with Crippen LogP contribution in [0.25, 0.3) is 10.9 Å². The first-order chi connectivity index (χ1) is 14.1. The molecule has 3 aromatic rings. The predicted molar refractivity (Wildman–Crippen MR) is 110 cm³/mol. The van der Waals surface area contributed by atoms with Gasteiger partial charge in [-0.3, -0.25) is 9.69 Å². The zero-order chi connectivity index (χ0) is 20.2. The first-order valence-electron chi connectivity index (χ1n) is 9.83. The maximum Gasteiger partial charge on any atom is 0.272 e. The maximum atomic E-state index is 13.1. The third-order valence-corrected chi connectivity index (χ3v) is 5.31. The first kappa shape index (κ1) is 19.3. The van der Waals surface area contributed by atoms with Crippen LogP contribution in [0.2, 0.25) is 0 Å². The average Bonchev–Trinajstić information content (AvgIpc) is 2.99. The van der Waals surface area contributed by atoms with E-state index < -0.39 is 0 Å². The quantitative estimate of drug-likeness (QED) is 0.678. The van der Waals surface area contributed by atoms with E-state index in [1.165, 1.54) is 12.1 Å². The summed E-state index contributed by atoms with van der Waals surface area (Å²) in [7, 11) is 1.63. The Balaban J connectivity index is 1.42. The zero-order valence-electron chi connectivity index (χ0n) is 16.5. The van der Waals surface area contributed by atoms with Crippen molar-refractivity contribution in [1.29, 1.82) is 0 Å². The van der Waals surface area contributed by atoms with Crippen molar-refractivity contribution in [1.82, 2.24) is 14.8 Å². The molecule has 29 heavy (non-hydrogen) atoms. The van der Waals surface area contributed by atoms with Crippen LogP contribution in [-0.2, 0) is 6.54 Å². The van der Waals surface area contributed by atoms with Crippen molar-refractivity contribution in [3.63, 3.8) is 0 Å². The zero-order valence-corrected chi connectivity index (χ0v) is 16.5. The second-order valence-electron chi connectivity index (χ2n) is 7.30. The molecule has 1 aliphatic heterocycles. The van der Waals surface area contributed by atoms with Crippen LogP contribution in [0, 0.1) is 5.82 Å². The van der Waals surface area contributed by atoms with Gasteiger partial charge in [-0.05, 0) is 48.4 Å². The molecule has 0 saturated carbocycles. The highest BCUT2D eigenvalue weighted by molar-refractivity contribution is 5.95. The molecule has 0 bridgehead atoms. The molecule has 150 valence electrons. The Kier molecular flexibility index (Phi) is 5.71. The van der Waals surface area contributed by atoms with Gasteiger partial charge in [0.1, 0.15) is 17.3 Å². The van der Waals surface area contributed by atoms with Gasteiger partial charge >= 0.3 is 0 Å². The summed E-state index contributed by atoms with van der Waals surface area (Å²) in [6.07, 6.45) is 0.901. The lowest BCUT2D eigenvalue weighted by molar-refractivity contribution is 0.0755. The normalized spacial score (nSPS) is 15.3. The molecule has 0 radical (unpaired) electrons. The molecule has 0 N–H and O–H groups in total. The van der Waals surface area contributed by atoms with E-state index in [0.29, 0.717) is 18.8 Å². The van der Waals surface area contributed by atoms with Crippen LogP contribution < -0.4 is 4.74 Å². The number of rotatable bonds is 4. The van der Waals surface area contributed by atoms with Crippen molar-refractivity contribution in [3.05, 3.63) is 71.7 Å². The van der Waals surface area contributed by atoms with E-state index in [4.69, 9.17) is 4.74 Å². The fourth-order valence-corrected chi connectivity index (χ4v) is 3.69. The number of carbonyl (C=O) groups is 1. The van der Waals surface area contributed by atoms with Gasteiger partial charge in [0.05, 0.1) is 12.6 Å². The molecule has 2 aromatic carbocycles. The molecule has 1 fully saturated rings. The predicted octanol–water partition coefficient (Wildman–Crippen LogP) is 3.73. The lowest BCUT2D eigenvalue weighted by Gasteiger charge is -2.22. The number of benzene rings is 2. The van der Waals surface area contributed by atoms with Crippen LogP contribution in [0.5, 0.6) is 5.75 Å². The molecule has 4 rings (SSSR count). The van der Waals surface area contributed by atoms with E-state index in [-0.39, 0.29) is 11.7 Å². The molecule has 5 nitrogen and oxygen atoms in total. The standard InChI is InChI=1S/C23H24FN3O2/c1-29-20-8-10-21-18(15-20)5-9-22(25-21)23(28)27-12-2-11-26(13-14-27)16-17-3-6-19(24)7-4-17/h3-10,15H,2,11-14,16H2,1H3. The Morgan fingerprint density at radius 2 is 1.86 bits per heavy atom. The lowest BCUT2D eigenvalue weighted by atomic mass is 10.2.